The highest BCUT2D eigenvalue weighted by molar-refractivity contribution is 14.1. The van der Waals surface area contributed by atoms with Crippen molar-refractivity contribution in [3.8, 4) is 11.5 Å². The summed E-state index contributed by atoms with van der Waals surface area (Å²) in [7, 11) is 1.41. The Bertz CT molecular complexity index is 532. The van der Waals surface area contributed by atoms with Crippen molar-refractivity contribution in [3.63, 3.8) is 0 Å². The lowest BCUT2D eigenvalue weighted by Gasteiger charge is -2.08. The first-order chi connectivity index (χ1) is 8.86. The SMILES string of the molecule is COc1cc(/C=C\C(=O)C(C)C)cc(C(=O)I)c1O. The lowest BCUT2D eigenvalue weighted by molar-refractivity contribution is -0.117. The predicted molar refractivity (Wildman–Crippen MR) is 81.9 cm³/mol. The van der Waals surface area contributed by atoms with Crippen molar-refractivity contribution in [3.05, 3.63) is 29.3 Å². The van der Waals surface area contributed by atoms with Gasteiger partial charge in [-0.05, 0) is 23.8 Å². The van der Waals surface area contributed by atoms with Crippen molar-refractivity contribution in [1.82, 2.24) is 0 Å². The van der Waals surface area contributed by atoms with E-state index in [-0.39, 0.29) is 32.6 Å². The van der Waals surface area contributed by atoms with Crippen molar-refractivity contribution < 1.29 is 19.4 Å². The lowest BCUT2D eigenvalue weighted by Crippen LogP contribution is -2.02. The van der Waals surface area contributed by atoms with E-state index < -0.39 is 0 Å². The minimum Gasteiger partial charge on any atom is -0.504 e. The molecular weight excluding hydrogens is 359 g/mol. The molecule has 0 aliphatic carbocycles. The molecule has 0 amide bonds. The van der Waals surface area contributed by atoms with Crippen LogP contribution in [0.2, 0.25) is 0 Å². The van der Waals surface area contributed by atoms with Gasteiger partial charge in [0.2, 0.25) is 3.79 Å². The Balaban J connectivity index is 3.19. The molecule has 0 bridgehead atoms. The normalized spacial score (nSPS) is 11.0. The van der Waals surface area contributed by atoms with Crippen molar-refractivity contribution in [1.29, 1.82) is 0 Å². The number of ether oxygens (including phenoxy) is 1. The average molecular weight is 374 g/mol. The number of phenolic OH excluding ortho intramolecular Hbond substituents is 1. The highest BCUT2D eigenvalue weighted by atomic mass is 127. The number of ketones is 1. The second-order valence-electron chi connectivity index (χ2n) is 4.28. The molecule has 0 atom stereocenters. The van der Waals surface area contributed by atoms with Crippen LogP contribution in [0.25, 0.3) is 6.08 Å². The molecule has 0 heterocycles. The number of allylic oxidation sites excluding steroid dienone is 1. The minimum atomic E-state index is -0.293. The number of rotatable bonds is 5. The van der Waals surface area contributed by atoms with Crippen LogP contribution >= 0.6 is 22.6 Å². The summed E-state index contributed by atoms with van der Waals surface area (Å²) in [5.41, 5.74) is 0.792. The fourth-order valence-electron chi connectivity index (χ4n) is 1.40. The molecule has 1 N–H and O–H groups in total. The number of halogens is 1. The molecule has 102 valence electrons. The molecule has 0 saturated carbocycles. The summed E-state index contributed by atoms with van der Waals surface area (Å²) >= 11 is 1.59. The summed E-state index contributed by atoms with van der Waals surface area (Å²) in [6.45, 7) is 3.62. The Morgan fingerprint density at radius 2 is 2.00 bits per heavy atom. The number of methoxy groups -OCH3 is 1. The van der Waals surface area contributed by atoms with Crippen molar-refractivity contribution >= 4 is 38.2 Å². The van der Waals surface area contributed by atoms with Gasteiger partial charge in [-0.15, -0.1) is 0 Å². The van der Waals surface area contributed by atoms with E-state index in [2.05, 4.69) is 0 Å². The van der Waals surface area contributed by atoms with Crippen molar-refractivity contribution in [2.75, 3.05) is 7.11 Å². The Labute approximate surface area is 125 Å². The standard InChI is InChI=1S/C14H15IO4/c1-8(2)11(16)5-4-9-6-10(14(15)18)13(17)12(7-9)19-3/h4-8,17H,1-3H3/b5-4-. The molecule has 1 aromatic carbocycles. The number of phenols is 1. The number of carbonyl (C=O) groups excluding carboxylic acids is 2. The van der Waals surface area contributed by atoms with E-state index in [4.69, 9.17) is 4.74 Å². The third-order valence-electron chi connectivity index (χ3n) is 2.54. The molecule has 0 aliphatic heterocycles. The van der Waals surface area contributed by atoms with Gasteiger partial charge >= 0.3 is 0 Å². The van der Waals surface area contributed by atoms with Crippen LogP contribution in [0, 0.1) is 5.92 Å². The van der Waals surface area contributed by atoms with Crippen LogP contribution in [-0.2, 0) is 4.79 Å². The third kappa shape index (κ3) is 4.05. The van der Waals surface area contributed by atoms with Gasteiger partial charge in [0, 0.05) is 28.5 Å². The number of carbonyl (C=O) groups is 2. The maximum Gasteiger partial charge on any atom is 0.226 e. The molecule has 1 aromatic rings. The van der Waals surface area contributed by atoms with Gasteiger partial charge < -0.3 is 9.84 Å². The number of benzene rings is 1. The zero-order valence-electron chi connectivity index (χ0n) is 10.9. The summed E-state index contributed by atoms with van der Waals surface area (Å²) in [6, 6.07) is 3.10. The van der Waals surface area contributed by atoms with E-state index in [1.165, 1.54) is 19.3 Å². The smallest absolute Gasteiger partial charge is 0.226 e. The molecule has 0 aromatic heterocycles. The topological polar surface area (TPSA) is 63.6 Å². The van der Waals surface area contributed by atoms with Crippen molar-refractivity contribution in [2.24, 2.45) is 5.92 Å². The van der Waals surface area contributed by atoms with Crippen LogP contribution in [0.1, 0.15) is 29.8 Å². The van der Waals surface area contributed by atoms with Gasteiger partial charge in [0.05, 0.1) is 12.7 Å². The summed E-state index contributed by atoms with van der Waals surface area (Å²) < 4.78 is 4.71. The van der Waals surface area contributed by atoms with Crippen LogP contribution < -0.4 is 4.74 Å². The van der Waals surface area contributed by atoms with Gasteiger partial charge in [-0.25, -0.2) is 0 Å². The summed E-state index contributed by atoms with van der Waals surface area (Å²) in [4.78, 5) is 22.9. The summed E-state index contributed by atoms with van der Waals surface area (Å²) in [6.07, 6.45) is 3.06. The van der Waals surface area contributed by atoms with Gasteiger partial charge in [0.15, 0.2) is 17.3 Å². The third-order valence-corrected chi connectivity index (χ3v) is 3.12. The van der Waals surface area contributed by atoms with E-state index in [9.17, 15) is 14.7 Å². The Morgan fingerprint density at radius 3 is 2.47 bits per heavy atom. The predicted octanol–water partition coefficient (Wildman–Crippen LogP) is 3.21. The molecule has 0 saturated heterocycles. The first-order valence-electron chi connectivity index (χ1n) is 5.69. The molecule has 19 heavy (non-hydrogen) atoms. The maximum atomic E-state index is 11.5. The van der Waals surface area contributed by atoms with E-state index in [1.807, 2.05) is 13.8 Å². The monoisotopic (exact) mass is 374 g/mol. The zero-order valence-corrected chi connectivity index (χ0v) is 13.1. The van der Waals surface area contributed by atoms with Crippen LogP contribution in [0.3, 0.4) is 0 Å². The Hall–Kier alpha value is -1.37. The molecular formula is C14H15IO4. The van der Waals surface area contributed by atoms with Gasteiger partial charge in [-0.1, -0.05) is 19.9 Å². The molecule has 0 spiro atoms. The van der Waals surface area contributed by atoms with E-state index in [1.54, 1.807) is 34.7 Å². The van der Waals surface area contributed by atoms with E-state index in [0.717, 1.165) is 0 Å². The fraction of sp³-hybridized carbons (Fsp3) is 0.286. The van der Waals surface area contributed by atoms with Gasteiger partial charge in [-0.3, -0.25) is 9.59 Å². The molecule has 0 radical (unpaired) electrons. The quantitative estimate of drug-likeness (QED) is 0.489. The van der Waals surface area contributed by atoms with Crippen LogP contribution in [-0.4, -0.2) is 21.8 Å². The second-order valence-corrected chi connectivity index (χ2v) is 5.26. The van der Waals surface area contributed by atoms with Crippen LogP contribution in [0.4, 0.5) is 0 Å². The highest BCUT2D eigenvalue weighted by Crippen LogP contribution is 2.33. The van der Waals surface area contributed by atoms with Crippen LogP contribution in [0.15, 0.2) is 18.2 Å². The molecule has 0 fully saturated rings. The zero-order chi connectivity index (χ0) is 14.6. The van der Waals surface area contributed by atoms with E-state index in [0.29, 0.717) is 5.56 Å². The first-order valence-corrected chi connectivity index (χ1v) is 6.77. The molecule has 1 rings (SSSR count). The Kier molecular flexibility index (Phi) is 5.53. The number of aromatic hydroxyl groups is 1. The van der Waals surface area contributed by atoms with Crippen molar-refractivity contribution in [2.45, 2.75) is 13.8 Å². The average Bonchev–Trinajstić information content (AvgIpc) is 2.36. The van der Waals surface area contributed by atoms with E-state index >= 15 is 0 Å². The van der Waals surface area contributed by atoms with Gasteiger partial charge in [-0.2, -0.15) is 0 Å². The molecule has 0 unspecified atom stereocenters. The molecule has 4 nitrogen and oxygen atoms in total. The first kappa shape index (κ1) is 15.7. The number of hydrogen-bond acceptors (Lipinski definition) is 4. The molecule has 5 heteroatoms. The fourth-order valence-corrected chi connectivity index (χ4v) is 1.81. The second kappa shape index (κ2) is 6.70. The number of hydrogen-bond donors (Lipinski definition) is 1. The minimum absolute atomic E-state index is 0.00519. The lowest BCUT2D eigenvalue weighted by atomic mass is 10.1. The highest BCUT2D eigenvalue weighted by Gasteiger charge is 2.14. The molecule has 0 aliphatic rings. The summed E-state index contributed by atoms with van der Waals surface area (Å²) in [5.74, 6) is -0.0660. The summed E-state index contributed by atoms with van der Waals surface area (Å²) in [5, 5.41) is 9.81. The Morgan fingerprint density at radius 1 is 1.37 bits per heavy atom. The van der Waals surface area contributed by atoms with Crippen LogP contribution in [0.5, 0.6) is 11.5 Å². The largest absolute Gasteiger partial charge is 0.504 e. The van der Waals surface area contributed by atoms with Gasteiger partial charge in [0.25, 0.3) is 0 Å². The van der Waals surface area contributed by atoms with Gasteiger partial charge in [0.1, 0.15) is 0 Å². The maximum absolute atomic E-state index is 11.5.